The van der Waals surface area contributed by atoms with E-state index < -0.39 is 26.6 Å². The normalized spacial score (nSPS) is 16.6. The summed E-state index contributed by atoms with van der Waals surface area (Å²) in [5.41, 5.74) is 5.68. The molecule has 2 aromatic rings. The van der Waals surface area contributed by atoms with Crippen LogP contribution in [0.15, 0.2) is 35.9 Å². The molecule has 2 aromatic carbocycles. The van der Waals surface area contributed by atoms with Crippen molar-refractivity contribution in [3.05, 3.63) is 69.3 Å². The van der Waals surface area contributed by atoms with E-state index >= 15 is 0 Å². The number of nitrogens with one attached hydrogen (secondary N) is 1. The molecule has 0 radical (unpaired) electrons. The predicted molar refractivity (Wildman–Crippen MR) is 152 cm³/mol. The average Bonchev–Trinajstić information content (AvgIpc) is 3.35. The molecule has 0 aliphatic carbocycles. The smallest absolute Gasteiger partial charge is 0.457 e. The number of allylic oxidation sites excluding steroid dienone is 2. The molecule has 2 heterocycles. The van der Waals surface area contributed by atoms with Gasteiger partial charge < -0.3 is 24.7 Å². The van der Waals surface area contributed by atoms with Crippen molar-refractivity contribution < 1.29 is 33.6 Å². The van der Waals surface area contributed by atoms with Crippen LogP contribution < -0.4 is 10.2 Å². The first-order valence-corrected chi connectivity index (χ1v) is 14.6. The lowest BCUT2D eigenvalue weighted by atomic mass is 9.89. The standard InChI is InChI=1S/C30H37N2O7P/c1-5-23-19(3)25-17-37-30(35)27(25)28(33)24(23)11-10-18(2)16-21-8-6-7-9-26(21)39-32(40-36)20(4)29(34)38-22-12-14-31-15-13-22/h6-10,20,22,31,33H,5,11-17H2,1-4H3/p+1/t20-/m0/s1. The number of hydrogen-bond acceptors (Lipinski definition) is 8. The minimum Gasteiger partial charge on any atom is -0.507 e. The lowest BCUT2D eigenvalue weighted by Gasteiger charge is -2.24. The molecule has 2 atom stereocenters. The number of fused-ring (bicyclic) bond motifs is 1. The van der Waals surface area contributed by atoms with Gasteiger partial charge in [0, 0.05) is 16.7 Å². The van der Waals surface area contributed by atoms with Crippen molar-refractivity contribution in [2.24, 2.45) is 0 Å². The van der Waals surface area contributed by atoms with Gasteiger partial charge in [-0.05, 0) is 87.7 Å². The Hall–Kier alpha value is -3.26. The Balaban J connectivity index is 1.47. The molecular weight excluding hydrogens is 531 g/mol. The molecule has 0 aromatic heterocycles. The Kier molecular flexibility index (Phi) is 9.95. The number of para-hydroxylation sites is 1. The van der Waals surface area contributed by atoms with E-state index in [1.165, 1.54) is 0 Å². The topological polar surface area (TPSA) is 114 Å². The van der Waals surface area contributed by atoms with Crippen molar-refractivity contribution in [2.75, 3.05) is 13.1 Å². The summed E-state index contributed by atoms with van der Waals surface area (Å²) in [6.07, 6.45) is 5.10. The van der Waals surface area contributed by atoms with Gasteiger partial charge >= 0.3 is 20.5 Å². The van der Waals surface area contributed by atoms with Gasteiger partial charge in [0.1, 0.15) is 24.0 Å². The number of phenolic OH excluding ortho intramolecular Hbond substituents is 1. The van der Waals surface area contributed by atoms with Crippen LogP contribution in [0.2, 0.25) is 0 Å². The number of benzene rings is 2. The number of carbonyl (C=O) groups excluding carboxylic acids is 2. The third-order valence-corrected chi connectivity index (χ3v) is 8.30. The van der Waals surface area contributed by atoms with Gasteiger partial charge in [-0.25, -0.2) is 4.79 Å². The molecule has 10 heteroatoms. The summed E-state index contributed by atoms with van der Waals surface area (Å²) in [5, 5.41) is 14.2. The number of rotatable bonds is 11. The van der Waals surface area contributed by atoms with Gasteiger partial charge in [-0.15, -0.1) is 0 Å². The summed E-state index contributed by atoms with van der Waals surface area (Å²) in [6.45, 7) is 9.40. The molecule has 40 heavy (non-hydrogen) atoms. The number of phenols is 1. The summed E-state index contributed by atoms with van der Waals surface area (Å²) >= 11 is 0. The average molecular weight is 570 g/mol. The third-order valence-electron chi connectivity index (χ3n) is 7.64. The van der Waals surface area contributed by atoms with Crippen molar-refractivity contribution in [2.45, 2.75) is 78.6 Å². The van der Waals surface area contributed by atoms with Crippen molar-refractivity contribution in [1.82, 2.24) is 10.2 Å². The Morgan fingerprint density at radius 3 is 2.70 bits per heavy atom. The molecule has 0 saturated carbocycles. The number of nitrogens with zero attached hydrogens (tertiary/aromatic N) is 1. The minimum atomic E-state index is -1.00. The van der Waals surface area contributed by atoms with Gasteiger partial charge in [-0.1, -0.05) is 36.8 Å². The monoisotopic (exact) mass is 569 g/mol. The second-order valence-corrected chi connectivity index (χ2v) is 10.9. The highest BCUT2D eigenvalue weighted by Crippen LogP contribution is 2.38. The molecule has 0 bridgehead atoms. The van der Waals surface area contributed by atoms with Crippen LogP contribution in [0.1, 0.15) is 71.8 Å². The van der Waals surface area contributed by atoms with Crippen LogP contribution in [0.4, 0.5) is 0 Å². The number of carbonyl (C=O) groups is 2. The number of ether oxygens (including phenoxy) is 2. The van der Waals surface area contributed by atoms with E-state index in [0.717, 1.165) is 70.6 Å². The lowest BCUT2D eigenvalue weighted by molar-refractivity contribution is -0.160. The van der Waals surface area contributed by atoms with E-state index in [9.17, 15) is 19.3 Å². The van der Waals surface area contributed by atoms with Gasteiger partial charge in [0.15, 0.2) is 11.8 Å². The van der Waals surface area contributed by atoms with Crippen molar-refractivity contribution in [1.29, 1.82) is 0 Å². The van der Waals surface area contributed by atoms with Crippen molar-refractivity contribution in [3.8, 4) is 11.5 Å². The van der Waals surface area contributed by atoms with Crippen LogP contribution in [0, 0.1) is 6.92 Å². The van der Waals surface area contributed by atoms with Gasteiger partial charge in [-0.3, -0.25) is 4.79 Å². The number of hydrogen-bond donors (Lipinski definition) is 2. The SMILES string of the molecule is CCc1c(C)c2c(c(O)c1CC=C(C)Cc1ccccc1ON([PH+]=O)[C@@H](C)C(=O)OC1CCNCC1)C(=O)OC2. The number of aromatic hydroxyl groups is 1. The predicted octanol–water partition coefficient (Wildman–Crippen LogP) is 4.88. The summed E-state index contributed by atoms with van der Waals surface area (Å²) in [5.74, 6) is -0.453. The van der Waals surface area contributed by atoms with E-state index in [4.69, 9.17) is 14.3 Å². The molecule has 4 rings (SSSR count). The second-order valence-electron chi connectivity index (χ2n) is 10.3. The van der Waals surface area contributed by atoms with Crippen LogP contribution >= 0.6 is 8.61 Å². The zero-order chi connectivity index (χ0) is 28.8. The maximum Gasteiger partial charge on any atom is 0.457 e. The number of cyclic esters (lactones) is 1. The minimum absolute atomic E-state index is 0.00479. The molecule has 2 N–H and O–H groups in total. The summed E-state index contributed by atoms with van der Waals surface area (Å²) in [7, 11) is -1.00. The summed E-state index contributed by atoms with van der Waals surface area (Å²) < 4.78 is 22.8. The Bertz CT molecular complexity index is 1300. The van der Waals surface area contributed by atoms with Gasteiger partial charge in [0.25, 0.3) is 0 Å². The highest BCUT2D eigenvalue weighted by atomic mass is 31.1. The van der Waals surface area contributed by atoms with Crippen LogP contribution in [-0.4, -0.2) is 47.1 Å². The van der Waals surface area contributed by atoms with Crippen LogP contribution in [0.3, 0.4) is 0 Å². The highest BCUT2D eigenvalue weighted by molar-refractivity contribution is 7.20. The van der Waals surface area contributed by atoms with Gasteiger partial charge in [0.2, 0.25) is 0 Å². The molecule has 214 valence electrons. The summed E-state index contributed by atoms with van der Waals surface area (Å²) in [4.78, 5) is 32.1. The van der Waals surface area contributed by atoms with E-state index in [-0.39, 0.29) is 24.0 Å². The van der Waals surface area contributed by atoms with E-state index in [1.807, 2.05) is 45.0 Å². The molecule has 2 aliphatic heterocycles. The molecule has 0 amide bonds. The Morgan fingerprint density at radius 1 is 1.27 bits per heavy atom. The highest BCUT2D eigenvalue weighted by Gasteiger charge is 2.34. The number of piperidine rings is 1. The first kappa shape index (κ1) is 29.7. The Labute approximate surface area is 236 Å². The first-order valence-electron chi connectivity index (χ1n) is 13.8. The lowest BCUT2D eigenvalue weighted by Crippen LogP contribution is -2.40. The molecule has 1 fully saturated rings. The molecular formula is C30H38N2O7P+. The second kappa shape index (κ2) is 13.4. The largest absolute Gasteiger partial charge is 0.507 e. The van der Waals surface area contributed by atoms with Crippen molar-refractivity contribution >= 4 is 20.5 Å². The first-order chi connectivity index (χ1) is 19.2. The van der Waals surface area contributed by atoms with Crippen LogP contribution in [-0.2, 0) is 44.7 Å². The maximum atomic E-state index is 12.7. The van der Waals surface area contributed by atoms with E-state index in [2.05, 4.69) is 5.32 Å². The molecule has 1 unspecified atom stereocenters. The zero-order valence-electron chi connectivity index (χ0n) is 23.5. The molecule has 0 spiro atoms. The van der Waals surface area contributed by atoms with Gasteiger partial charge in [0.05, 0.1) is 4.83 Å². The zero-order valence-corrected chi connectivity index (χ0v) is 24.5. The van der Waals surface area contributed by atoms with Crippen LogP contribution in [0.5, 0.6) is 11.5 Å². The molecule has 1 saturated heterocycles. The quantitative estimate of drug-likeness (QED) is 0.169. The van der Waals surface area contributed by atoms with Crippen molar-refractivity contribution in [3.63, 3.8) is 0 Å². The fraction of sp³-hybridized carbons (Fsp3) is 0.467. The summed E-state index contributed by atoms with van der Waals surface area (Å²) in [6, 6.07) is 6.56. The number of esters is 2. The Morgan fingerprint density at radius 2 is 2.00 bits per heavy atom. The fourth-order valence-corrected chi connectivity index (χ4v) is 5.68. The van der Waals surface area contributed by atoms with E-state index in [1.54, 1.807) is 13.0 Å². The van der Waals surface area contributed by atoms with Crippen LogP contribution in [0.25, 0.3) is 0 Å². The fourth-order valence-electron chi connectivity index (χ4n) is 5.28. The molecule has 9 nitrogen and oxygen atoms in total. The number of hydroxylamine groups is 1. The maximum absolute atomic E-state index is 12.7. The molecule has 2 aliphatic rings. The van der Waals surface area contributed by atoms with E-state index in [0.29, 0.717) is 18.6 Å². The van der Waals surface area contributed by atoms with Gasteiger partial charge in [-0.2, -0.15) is 0 Å². The third kappa shape index (κ3) is 6.54.